The minimum atomic E-state index is -0.371. The van der Waals surface area contributed by atoms with Gasteiger partial charge < -0.3 is 15.3 Å². The first-order chi connectivity index (χ1) is 18.4. The van der Waals surface area contributed by atoms with Crippen molar-refractivity contribution in [3.63, 3.8) is 0 Å². The van der Waals surface area contributed by atoms with Crippen LogP contribution in [0.3, 0.4) is 0 Å². The zero-order valence-corrected chi connectivity index (χ0v) is 21.5. The Labute approximate surface area is 222 Å². The molecule has 1 atom stereocenters. The van der Waals surface area contributed by atoms with Gasteiger partial charge in [-0.25, -0.2) is 9.37 Å². The smallest absolute Gasteiger partial charge is 0.270 e. The summed E-state index contributed by atoms with van der Waals surface area (Å²) in [6.45, 7) is 1.96. The first kappa shape index (κ1) is 25.8. The molecule has 0 saturated carbocycles. The van der Waals surface area contributed by atoms with E-state index < -0.39 is 0 Å². The lowest BCUT2D eigenvalue weighted by Crippen LogP contribution is -2.27. The Morgan fingerprint density at radius 2 is 1.92 bits per heavy atom. The quantitative estimate of drug-likeness (QED) is 0.433. The number of allylic oxidation sites excluding steroid dienone is 2. The van der Waals surface area contributed by atoms with Crippen molar-refractivity contribution in [1.29, 1.82) is 0 Å². The molecule has 0 unspecified atom stereocenters. The van der Waals surface area contributed by atoms with E-state index in [2.05, 4.69) is 23.5 Å². The van der Waals surface area contributed by atoms with Gasteiger partial charge in [0.05, 0.1) is 11.7 Å². The summed E-state index contributed by atoms with van der Waals surface area (Å²) in [5.41, 5.74) is 6.60. The third kappa shape index (κ3) is 5.38. The van der Waals surface area contributed by atoms with Crippen molar-refractivity contribution in [2.45, 2.75) is 58.2 Å². The molecule has 0 saturated heterocycles. The molecule has 2 N–H and O–H groups in total. The SMILES string of the molecule is CC(=O)N1Cc2cc(C(=O)NCc3cccc(F)c3)nc(-c3cccc(C4=CCCCC4)c3)c2[C@@H]1CCO. The average molecular weight is 514 g/mol. The topological polar surface area (TPSA) is 82.5 Å². The van der Waals surface area contributed by atoms with E-state index >= 15 is 0 Å². The van der Waals surface area contributed by atoms with Gasteiger partial charge in [0.1, 0.15) is 11.5 Å². The predicted molar refractivity (Wildman–Crippen MR) is 144 cm³/mol. The number of aromatic nitrogens is 1. The minimum absolute atomic E-state index is 0.0733. The third-order valence-electron chi connectivity index (χ3n) is 7.37. The zero-order chi connectivity index (χ0) is 26.6. The Bertz CT molecular complexity index is 1400. The number of amides is 2. The Morgan fingerprint density at radius 3 is 2.66 bits per heavy atom. The van der Waals surface area contributed by atoms with Gasteiger partial charge in [-0.2, -0.15) is 0 Å². The predicted octanol–water partition coefficient (Wildman–Crippen LogP) is 5.56. The number of carbonyl (C=O) groups is 2. The highest BCUT2D eigenvalue weighted by Crippen LogP contribution is 2.42. The lowest BCUT2D eigenvalue weighted by Gasteiger charge is -2.24. The fourth-order valence-electron chi connectivity index (χ4n) is 5.54. The maximum atomic E-state index is 13.6. The molecule has 0 radical (unpaired) electrons. The fraction of sp³-hybridized carbons (Fsp3) is 0.323. The Morgan fingerprint density at radius 1 is 1.11 bits per heavy atom. The van der Waals surface area contributed by atoms with Crippen LogP contribution in [0.4, 0.5) is 4.39 Å². The second-order valence-electron chi connectivity index (χ2n) is 9.97. The normalized spacial score (nSPS) is 16.7. The van der Waals surface area contributed by atoms with Crippen LogP contribution in [0.2, 0.25) is 0 Å². The molecule has 38 heavy (non-hydrogen) atoms. The highest BCUT2D eigenvalue weighted by Gasteiger charge is 2.35. The lowest BCUT2D eigenvalue weighted by molar-refractivity contribution is -0.131. The van der Waals surface area contributed by atoms with E-state index in [0.29, 0.717) is 24.2 Å². The van der Waals surface area contributed by atoms with Crippen LogP contribution in [0.25, 0.3) is 16.8 Å². The Hall–Kier alpha value is -3.84. The summed E-state index contributed by atoms with van der Waals surface area (Å²) in [5.74, 6) is -0.824. The van der Waals surface area contributed by atoms with Gasteiger partial charge in [-0.1, -0.05) is 36.4 Å². The lowest BCUT2D eigenvalue weighted by atomic mass is 9.90. The molecule has 0 fully saturated rings. The molecule has 6 nitrogen and oxygen atoms in total. The number of aliphatic hydroxyl groups excluding tert-OH is 1. The van der Waals surface area contributed by atoms with Gasteiger partial charge in [-0.05, 0) is 78.6 Å². The fourth-order valence-corrected chi connectivity index (χ4v) is 5.54. The van der Waals surface area contributed by atoms with Gasteiger partial charge in [-0.3, -0.25) is 9.59 Å². The monoisotopic (exact) mass is 513 g/mol. The van der Waals surface area contributed by atoms with Gasteiger partial charge >= 0.3 is 0 Å². The molecule has 2 aromatic carbocycles. The summed E-state index contributed by atoms with van der Waals surface area (Å²) >= 11 is 0. The summed E-state index contributed by atoms with van der Waals surface area (Å²) in [7, 11) is 0. The minimum Gasteiger partial charge on any atom is -0.396 e. The number of rotatable bonds is 7. The summed E-state index contributed by atoms with van der Waals surface area (Å²) < 4.78 is 13.6. The van der Waals surface area contributed by atoms with Crippen LogP contribution in [-0.4, -0.2) is 33.4 Å². The van der Waals surface area contributed by atoms with E-state index in [1.165, 1.54) is 31.1 Å². The molecule has 1 aliphatic carbocycles. The van der Waals surface area contributed by atoms with Gasteiger partial charge in [0.15, 0.2) is 0 Å². The van der Waals surface area contributed by atoms with Crippen molar-refractivity contribution in [3.8, 4) is 11.3 Å². The number of aliphatic hydroxyl groups is 1. The van der Waals surface area contributed by atoms with E-state index in [1.54, 1.807) is 23.1 Å². The van der Waals surface area contributed by atoms with Crippen molar-refractivity contribution in [1.82, 2.24) is 15.2 Å². The molecular weight excluding hydrogens is 481 g/mol. The molecule has 0 spiro atoms. The molecule has 1 aliphatic heterocycles. The number of nitrogens with zero attached hydrogens (tertiary/aromatic N) is 2. The summed E-state index contributed by atoms with van der Waals surface area (Å²) in [4.78, 5) is 32.3. The second-order valence-corrected chi connectivity index (χ2v) is 9.97. The molecule has 1 aromatic heterocycles. The first-order valence-electron chi connectivity index (χ1n) is 13.2. The van der Waals surface area contributed by atoms with Gasteiger partial charge in [-0.15, -0.1) is 0 Å². The van der Waals surface area contributed by atoms with Crippen LogP contribution in [0.5, 0.6) is 0 Å². The van der Waals surface area contributed by atoms with Crippen LogP contribution in [0.15, 0.2) is 60.7 Å². The molecule has 3 aromatic rings. The number of nitrogens with one attached hydrogen (secondary N) is 1. The highest BCUT2D eigenvalue weighted by molar-refractivity contribution is 5.93. The molecule has 5 rings (SSSR count). The Kier molecular flexibility index (Phi) is 7.65. The molecular formula is C31H32FN3O3. The van der Waals surface area contributed by atoms with Gasteiger partial charge in [0, 0.05) is 37.7 Å². The molecule has 0 bridgehead atoms. The summed E-state index contributed by atoms with van der Waals surface area (Å²) in [6.07, 6.45) is 7.15. The van der Waals surface area contributed by atoms with Crippen molar-refractivity contribution >= 4 is 17.4 Å². The maximum Gasteiger partial charge on any atom is 0.270 e. The van der Waals surface area contributed by atoms with Crippen LogP contribution in [0.1, 0.15) is 77.8 Å². The summed E-state index contributed by atoms with van der Waals surface area (Å²) in [6, 6.07) is 15.7. The van der Waals surface area contributed by atoms with Gasteiger partial charge in [0.2, 0.25) is 5.91 Å². The maximum absolute atomic E-state index is 13.6. The molecule has 7 heteroatoms. The number of pyridine rings is 1. The van der Waals surface area contributed by atoms with Crippen LogP contribution in [0, 0.1) is 5.82 Å². The third-order valence-corrected chi connectivity index (χ3v) is 7.37. The van der Waals surface area contributed by atoms with Crippen molar-refractivity contribution in [2.24, 2.45) is 0 Å². The number of carbonyl (C=O) groups excluding carboxylic acids is 2. The number of fused-ring (bicyclic) bond motifs is 1. The zero-order valence-electron chi connectivity index (χ0n) is 21.5. The summed E-state index contributed by atoms with van der Waals surface area (Å²) in [5, 5.41) is 12.7. The van der Waals surface area contributed by atoms with Gasteiger partial charge in [0.25, 0.3) is 5.91 Å². The van der Waals surface area contributed by atoms with E-state index in [9.17, 15) is 19.1 Å². The van der Waals surface area contributed by atoms with Crippen LogP contribution < -0.4 is 5.32 Å². The number of benzene rings is 2. The number of hydrogen-bond donors (Lipinski definition) is 2. The second kappa shape index (κ2) is 11.3. The van der Waals surface area contributed by atoms with Crippen molar-refractivity contribution in [3.05, 3.63) is 94.4 Å². The van der Waals surface area contributed by atoms with Crippen LogP contribution >= 0.6 is 0 Å². The van der Waals surface area contributed by atoms with Crippen molar-refractivity contribution < 1.29 is 19.1 Å². The van der Waals surface area contributed by atoms with Crippen molar-refractivity contribution in [2.75, 3.05) is 6.61 Å². The van der Waals surface area contributed by atoms with E-state index in [0.717, 1.165) is 41.5 Å². The number of hydrogen-bond acceptors (Lipinski definition) is 4. The molecule has 2 aliphatic rings. The average Bonchev–Trinajstić information content (AvgIpc) is 3.31. The molecule has 196 valence electrons. The molecule has 2 heterocycles. The van der Waals surface area contributed by atoms with E-state index in [4.69, 9.17) is 4.98 Å². The van der Waals surface area contributed by atoms with E-state index in [1.807, 2.05) is 12.1 Å². The first-order valence-corrected chi connectivity index (χ1v) is 13.2. The number of halogens is 1. The van der Waals surface area contributed by atoms with Crippen LogP contribution in [-0.2, 0) is 17.9 Å². The largest absolute Gasteiger partial charge is 0.396 e. The standard InChI is InChI=1S/C31H32FN3O3/c1-20(37)35-19-25-17-27(31(38)33-18-21-7-5-12-26(32)15-21)34-30(29(25)28(35)13-14-36)24-11-6-10-23(16-24)22-8-3-2-4-9-22/h5-8,10-12,15-17,28,36H,2-4,9,13-14,18-19H2,1H3,(H,33,38)/t28-/m0/s1. The molecule has 2 amide bonds. The highest BCUT2D eigenvalue weighted by atomic mass is 19.1. The van der Waals surface area contributed by atoms with E-state index in [-0.39, 0.29) is 42.5 Å². The Balaban J connectivity index is 1.56.